The summed E-state index contributed by atoms with van der Waals surface area (Å²) in [5, 5.41) is 18.5. The first-order valence-electron chi connectivity index (χ1n) is 5.96. The molecule has 5 nitrogen and oxygen atoms in total. The van der Waals surface area contributed by atoms with Crippen molar-refractivity contribution in [1.82, 2.24) is 4.90 Å². The summed E-state index contributed by atoms with van der Waals surface area (Å²) in [5.41, 5.74) is 1.05. The van der Waals surface area contributed by atoms with Gasteiger partial charge in [-0.05, 0) is 12.0 Å². The molecular weight excluding hydrogens is 234 g/mol. The van der Waals surface area contributed by atoms with Crippen LogP contribution in [-0.2, 0) is 11.3 Å². The predicted octanol–water partition coefficient (Wildman–Crippen LogP) is 1.32. The van der Waals surface area contributed by atoms with Gasteiger partial charge in [-0.15, -0.1) is 0 Å². The molecule has 98 valence electrons. The second-order valence-corrected chi connectivity index (χ2v) is 4.48. The first-order valence-corrected chi connectivity index (χ1v) is 5.96. The topological polar surface area (TPSA) is 70.0 Å². The van der Waals surface area contributed by atoms with Gasteiger partial charge in [0, 0.05) is 0 Å². The number of hydrogen-bond acceptors (Lipinski definition) is 3. The zero-order valence-electron chi connectivity index (χ0n) is 10.0. The lowest BCUT2D eigenvalue weighted by Crippen LogP contribution is -2.37. The third-order valence-corrected chi connectivity index (χ3v) is 3.06. The molecule has 5 heteroatoms. The van der Waals surface area contributed by atoms with Crippen LogP contribution in [0.4, 0.5) is 4.79 Å². The smallest absolute Gasteiger partial charge is 0.407 e. The minimum atomic E-state index is -1.00. The zero-order valence-corrected chi connectivity index (χ0v) is 10.0. The number of benzene rings is 1. The van der Waals surface area contributed by atoms with Crippen LogP contribution in [0.15, 0.2) is 30.3 Å². The van der Waals surface area contributed by atoms with E-state index in [1.54, 1.807) is 0 Å². The SMILES string of the molecule is O=C(O)N1CC(O)C[C@H]1COCc1ccccc1. The van der Waals surface area contributed by atoms with Crippen LogP contribution in [0.1, 0.15) is 12.0 Å². The minimum Gasteiger partial charge on any atom is -0.465 e. The summed E-state index contributed by atoms with van der Waals surface area (Å²) in [6.07, 6.45) is -1.13. The van der Waals surface area contributed by atoms with Crippen LogP contribution in [0.2, 0.25) is 0 Å². The molecule has 1 aromatic carbocycles. The van der Waals surface area contributed by atoms with E-state index in [1.807, 2.05) is 30.3 Å². The lowest BCUT2D eigenvalue weighted by Gasteiger charge is -2.20. The fraction of sp³-hybridized carbons (Fsp3) is 0.462. The third kappa shape index (κ3) is 3.21. The van der Waals surface area contributed by atoms with Crippen molar-refractivity contribution in [2.75, 3.05) is 13.2 Å². The molecule has 0 saturated carbocycles. The van der Waals surface area contributed by atoms with Gasteiger partial charge in [0.25, 0.3) is 0 Å². The second kappa shape index (κ2) is 5.84. The van der Waals surface area contributed by atoms with Crippen LogP contribution in [0.5, 0.6) is 0 Å². The molecule has 1 aliphatic heterocycles. The van der Waals surface area contributed by atoms with E-state index in [4.69, 9.17) is 9.84 Å². The van der Waals surface area contributed by atoms with Crippen LogP contribution in [-0.4, -0.2) is 46.5 Å². The molecule has 2 rings (SSSR count). The van der Waals surface area contributed by atoms with Crippen LogP contribution in [0.3, 0.4) is 0 Å². The summed E-state index contributed by atoms with van der Waals surface area (Å²) >= 11 is 0. The fourth-order valence-electron chi connectivity index (χ4n) is 2.17. The molecule has 1 saturated heterocycles. The van der Waals surface area contributed by atoms with Crippen molar-refractivity contribution in [3.8, 4) is 0 Å². The molecule has 0 aliphatic carbocycles. The number of carboxylic acid groups (broad SMARTS) is 1. The van der Waals surface area contributed by atoms with Gasteiger partial charge in [0.2, 0.25) is 0 Å². The zero-order chi connectivity index (χ0) is 13.0. The van der Waals surface area contributed by atoms with E-state index in [-0.39, 0.29) is 12.6 Å². The fourth-order valence-corrected chi connectivity index (χ4v) is 2.17. The average molecular weight is 251 g/mol. The predicted molar refractivity (Wildman–Crippen MR) is 65.2 cm³/mol. The van der Waals surface area contributed by atoms with E-state index in [2.05, 4.69) is 0 Å². The largest absolute Gasteiger partial charge is 0.465 e. The normalized spacial score (nSPS) is 23.3. The second-order valence-electron chi connectivity index (χ2n) is 4.48. The van der Waals surface area contributed by atoms with Gasteiger partial charge in [-0.1, -0.05) is 30.3 Å². The van der Waals surface area contributed by atoms with Gasteiger partial charge in [-0.2, -0.15) is 0 Å². The Kier molecular flexibility index (Phi) is 4.17. The van der Waals surface area contributed by atoms with Crippen LogP contribution >= 0.6 is 0 Å². The monoisotopic (exact) mass is 251 g/mol. The lowest BCUT2D eigenvalue weighted by atomic mass is 10.2. The summed E-state index contributed by atoms with van der Waals surface area (Å²) in [7, 11) is 0. The number of carbonyl (C=O) groups is 1. The van der Waals surface area contributed by atoms with Crippen molar-refractivity contribution < 1.29 is 19.7 Å². The Bertz CT molecular complexity index is 395. The molecule has 1 aliphatic rings. The number of hydrogen-bond donors (Lipinski definition) is 2. The van der Waals surface area contributed by atoms with Gasteiger partial charge in [-0.25, -0.2) is 4.79 Å². The molecule has 0 radical (unpaired) electrons. The summed E-state index contributed by atoms with van der Waals surface area (Å²) < 4.78 is 5.52. The van der Waals surface area contributed by atoms with E-state index >= 15 is 0 Å². The van der Waals surface area contributed by atoms with E-state index in [9.17, 15) is 9.90 Å². The Hall–Kier alpha value is -1.59. The standard InChI is InChI=1S/C13H17NO4/c15-12-6-11(14(7-12)13(16)17)9-18-8-10-4-2-1-3-5-10/h1-5,11-12,15H,6-9H2,(H,16,17)/t11-,12?/m0/s1. The molecule has 1 aromatic rings. The lowest BCUT2D eigenvalue weighted by molar-refractivity contribution is 0.0643. The maximum absolute atomic E-state index is 10.9. The Labute approximate surface area is 106 Å². The van der Waals surface area contributed by atoms with E-state index < -0.39 is 12.2 Å². The average Bonchev–Trinajstić information content (AvgIpc) is 2.72. The summed E-state index contributed by atoms with van der Waals surface area (Å²) in [6, 6.07) is 9.46. The van der Waals surface area contributed by atoms with Crippen molar-refractivity contribution in [3.63, 3.8) is 0 Å². The Morgan fingerprint density at radius 3 is 2.78 bits per heavy atom. The van der Waals surface area contributed by atoms with Crippen LogP contribution in [0.25, 0.3) is 0 Å². The van der Waals surface area contributed by atoms with Crippen molar-refractivity contribution in [2.45, 2.75) is 25.2 Å². The number of rotatable bonds is 4. The summed E-state index contributed by atoms with van der Waals surface area (Å²) in [5.74, 6) is 0. The molecule has 0 spiro atoms. The highest BCUT2D eigenvalue weighted by atomic mass is 16.5. The van der Waals surface area contributed by atoms with Crippen molar-refractivity contribution in [1.29, 1.82) is 0 Å². The maximum Gasteiger partial charge on any atom is 0.407 e. The Morgan fingerprint density at radius 1 is 1.39 bits per heavy atom. The van der Waals surface area contributed by atoms with Gasteiger partial charge < -0.3 is 19.8 Å². The molecule has 2 atom stereocenters. The highest BCUT2D eigenvalue weighted by molar-refractivity contribution is 5.66. The molecule has 18 heavy (non-hydrogen) atoms. The first kappa shape index (κ1) is 12.9. The summed E-state index contributed by atoms with van der Waals surface area (Å²) in [6.45, 7) is 0.952. The number of aliphatic hydroxyl groups is 1. The highest BCUT2D eigenvalue weighted by Gasteiger charge is 2.34. The number of ether oxygens (including phenoxy) is 1. The molecule has 1 unspecified atom stereocenters. The van der Waals surface area contributed by atoms with Gasteiger partial charge in [-0.3, -0.25) is 0 Å². The van der Waals surface area contributed by atoms with Gasteiger partial charge >= 0.3 is 6.09 Å². The number of nitrogens with zero attached hydrogens (tertiary/aromatic N) is 1. The van der Waals surface area contributed by atoms with Gasteiger partial charge in [0.1, 0.15) is 0 Å². The van der Waals surface area contributed by atoms with Gasteiger partial charge in [0.05, 0.1) is 31.9 Å². The number of β-amino-alcohol motifs (C(OH)–C–C–N with tert-alkyl or cyclic N) is 1. The molecule has 1 fully saturated rings. The van der Waals surface area contributed by atoms with E-state index in [1.165, 1.54) is 4.90 Å². The molecule has 1 amide bonds. The molecule has 2 N–H and O–H groups in total. The number of likely N-dealkylation sites (tertiary alicyclic amines) is 1. The van der Waals surface area contributed by atoms with Crippen molar-refractivity contribution in [2.24, 2.45) is 0 Å². The highest BCUT2D eigenvalue weighted by Crippen LogP contribution is 2.18. The Morgan fingerprint density at radius 2 is 2.11 bits per heavy atom. The van der Waals surface area contributed by atoms with Gasteiger partial charge in [0.15, 0.2) is 0 Å². The number of aliphatic hydroxyl groups excluding tert-OH is 1. The number of amides is 1. The van der Waals surface area contributed by atoms with Crippen molar-refractivity contribution >= 4 is 6.09 Å². The van der Waals surface area contributed by atoms with E-state index in [0.717, 1.165) is 5.56 Å². The molecule has 1 heterocycles. The first-order chi connectivity index (χ1) is 8.66. The summed E-state index contributed by atoms with van der Waals surface area (Å²) in [4.78, 5) is 12.2. The minimum absolute atomic E-state index is 0.175. The molecule has 0 aromatic heterocycles. The Balaban J connectivity index is 1.81. The molecule has 0 bridgehead atoms. The third-order valence-electron chi connectivity index (χ3n) is 3.06. The van der Waals surface area contributed by atoms with Crippen LogP contribution < -0.4 is 0 Å². The van der Waals surface area contributed by atoms with E-state index in [0.29, 0.717) is 19.6 Å². The molecular formula is C13H17NO4. The quantitative estimate of drug-likeness (QED) is 0.846. The maximum atomic E-state index is 10.9. The van der Waals surface area contributed by atoms with Crippen LogP contribution in [0, 0.1) is 0 Å². The van der Waals surface area contributed by atoms with Crippen molar-refractivity contribution in [3.05, 3.63) is 35.9 Å².